The smallest absolute Gasteiger partial charge is 0.323 e. The molecule has 20 heavy (non-hydrogen) atoms. The highest BCUT2D eigenvalue weighted by atomic mass is 32.1. The molecule has 104 valence electrons. The molecule has 0 bridgehead atoms. The topological polar surface area (TPSA) is 56.3 Å². The molecule has 0 N–H and O–H groups in total. The van der Waals surface area contributed by atoms with Gasteiger partial charge in [0.05, 0.1) is 6.61 Å². The Labute approximate surface area is 121 Å². The maximum Gasteiger partial charge on any atom is 0.323 e. The van der Waals surface area contributed by atoms with Gasteiger partial charge in [-0.1, -0.05) is 30.3 Å². The standard InChI is InChI=1S/C15H15NO3S/c1-3-19-15(18)12(14-16-10(2)9-20-14)13(17)11-7-5-4-6-8-11/h4-9,12H,3H2,1-2H3/t12-/m1/s1. The van der Waals surface area contributed by atoms with Crippen LogP contribution in [0, 0.1) is 6.92 Å². The van der Waals surface area contributed by atoms with E-state index in [9.17, 15) is 9.59 Å². The minimum Gasteiger partial charge on any atom is -0.465 e. The Morgan fingerprint density at radius 1 is 1.30 bits per heavy atom. The van der Waals surface area contributed by atoms with Crippen molar-refractivity contribution in [3.05, 3.63) is 52.0 Å². The number of thiazole rings is 1. The van der Waals surface area contributed by atoms with Gasteiger partial charge in [-0.25, -0.2) is 4.98 Å². The number of aryl methyl sites for hydroxylation is 1. The Morgan fingerprint density at radius 3 is 2.55 bits per heavy atom. The first kappa shape index (κ1) is 14.4. The van der Waals surface area contributed by atoms with E-state index >= 15 is 0 Å². The van der Waals surface area contributed by atoms with Crippen molar-refractivity contribution >= 4 is 23.1 Å². The molecule has 0 aliphatic carbocycles. The van der Waals surface area contributed by atoms with Gasteiger partial charge in [0, 0.05) is 16.6 Å². The van der Waals surface area contributed by atoms with E-state index in [0.717, 1.165) is 5.69 Å². The minimum absolute atomic E-state index is 0.238. The average Bonchev–Trinajstić information content (AvgIpc) is 2.86. The van der Waals surface area contributed by atoms with Gasteiger partial charge in [0.2, 0.25) is 0 Å². The molecule has 4 nitrogen and oxygen atoms in total. The number of ether oxygens (including phenoxy) is 1. The molecule has 0 fully saturated rings. The van der Waals surface area contributed by atoms with Crippen molar-refractivity contribution in [2.75, 3.05) is 6.61 Å². The molecule has 0 amide bonds. The number of benzene rings is 1. The molecule has 1 aromatic heterocycles. The van der Waals surface area contributed by atoms with Crippen LogP contribution >= 0.6 is 11.3 Å². The van der Waals surface area contributed by atoms with Gasteiger partial charge < -0.3 is 4.74 Å². The van der Waals surface area contributed by atoms with Crippen LogP contribution in [-0.4, -0.2) is 23.3 Å². The summed E-state index contributed by atoms with van der Waals surface area (Å²) in [6, 6.07) is 8.73. The maximum absolute atomic E-state index is 12.5. The van der Waals surface area contributed by atoms with E-state index in [0.29, 0.717) is 10.6 Å². The zero-order valence-corrected chi connectivity index (χ0v) is 12.1. The lowest BCUT2D eigenvalue weighted by atomic mass is 9.98. The summed E-state index contributed by atoms with van der Waals surface area (Å²) in [4.78, 5) is 28.9. The van der Waals surface area contributed by atoms with Crippen LogP contribution in [0.15, 0.2) is 35.7 Å². The Bertz CT molecular complexity index is 607. The summed E-state index contributed by atoms with van der Waals surface area (Å²) in [7, 11) is 0. The predicted molar refractivity (Wildman–Crippen MR) is 77.0 cm³/mol. The number of hydrogen-bond donors (Lipinski definition) is 0. The summed E-state index contributed by atoms with van der Waals surface area (Å²) in [6.45, 7) is 3.78. The van der Waals surface area contributed by atoms with Gasteiger partial charge >= 0.3 is 5.97 Å². The number of hydrogen-bond acceptors (Lipinski definition) is 5. The number of rotatable bonds is 5. The third kappa shape index (κ3) is 3.11. The van der Waals surface area contributed by atoms with E-state index in [1.807, 2.05) is 18.4 Å². The van der Waals surface area contributed by atoms with Crippen LogP contribution in [0.2, 0.25) is 0 Å². The lowest BCUT2D eigenvalue weighted by Gasteiger charge is -2.12. The number of carbonyl (C=O) groups is 2. The SMILES string of the molecule is CCOC(=O)[C@H](C(=O)c1ccccc1)c1nc(C)cs1. The first-order valence-electron chi connectivity index (χ1n) is 6.31. The fourth-order valence-electron chi connectivity index (χ4n) is 1.82. The molecular weight excluding hydrogens is 274 g/mol. The number of esters is 1. The highest BCUT2D eigenvalue weighted by Crippen LogP contribution is 2.25. The van der Waals surface area contributed by atoms with Gasteiger partial charge in [0.15, 0.2) is 11.7 Å². The van der Waals surface area contributed by atoms with Gasteiger partial charge in [0.25, 0.3) is 0 Å². The maximum atomic E-state index is 12.5. The van der Waals surface area contributed by atoms with Crippen LogP contribution in [0.3, 0.4) is 0 Å². The molecule has 1 atom stereocenters. The lowest BCUT2D eigenvalue weighted by molar-refractivity contribution is -0.143. The Balaban J connectivity index is 2.36. The summed E-state index contributed by atoms with van der Waals surface area (Å²) in [5.41, 5.74) is 1.28. The Hall–Kier alpha value is -2.01. The van der Waals surface area contributed by atoms with Crippen molar-refractivity contribution in [3.63, 3.8) is 0 Å². The summed E-state index contributed by atoms with van der Waals surface area (Å²) >= 11 is 1.30. The Morgan fingerprint density at radius 2 is 2.00 bits per heavy atom. The zero-order valence-electron chi connectivity index (χ0n) is 11.3. The van der Waals surface area contributed by atoms with Crippen molar-refractivity contribution in [1.82, 2.24) is 4.98 Å². The molecule has 0 aliphatic heterocycles. The van der Waals surface area contributed by atoms with Gasteiger partial charge in [-0.15, -0.1) is 11.3 Å². The summed E-state index contributed by atoms with van der Waals surface area (Å²) in [5, 5.41) is 2.30. The van der Waals surface area contributed by atoms with E-state index in [1.165, 1.54) is 11.3 Å². The molecule has 2 aromatic rings. The van der Waals surface area contributed by atoms with Crippen molar-refractivity contribution in [3.8, 4) is 0 Å². The average molecular weight is 289 g/mol. The van der Waals surface area contributed by atoms with Gasteiger partial charge in [0.1, 0.15) is 5.01 Å². The van der Waals surface area contributed by atoms with E-state index in [-0.39, 0.29) is 12.4 Å². The van der Waals surface area contributed by atoms with Crippen molar-refractivity contribution < 1.29 is 14.3 Å². The molecule has 0 radical (unpaired) electrons. The molecule has 0 aliphatic rings. The molecular formula is C15H15NO3S. The van der Waals surface area contributed by atoms with E-state index in [2.05, 4.69) is 4.98 Å². The Kier molecular flexibility index (Phi) is 4.63. The van der Waals surface area contributed by atoms with Crippen molar-refractivity contribution in [2.45, 2.75) is 19.8 Å². The lowest BCUT2D eigenvalue weighted by Crippen LogP contribution is -2.24. The fourth-order valence-corrected chi connectivity index (χ4v) is 2.70. The quantitative estimate of drug-likeness (QED) is 0.482. The first-order chi connectivity index (χ1) is 9.63. The second kappa shape index (κ2) is 6.43. The van der Waals surface area contributed by atoms with Gasteiger partial charge in [-0.2, -0.15) is 0 Å². The van der Waals surface area contributed by atoms with Gasteiger partial charge in [-0.3, -0.25) is 9.59 Å². The van der Waals surface area contributed by atoms with E-state index in [1.54, 1.807) is 31.2 Å². The zero-order chi connectivity index (χ0) is 14.5. The number of aromatic nitrogens is 1. The first-order valence-corrected chi connectivity index (χ1v) is 7.19. The van der Waals surface area contributed by atoms with Crippen LogP contribution in [0.1, 0.15) is 33.9 Å². The minimum atomic E-state index is -0.976. The van der Waals surface area contributed by atoms with Crippen LogP contribution in [0.25, 0.3) is 0 Å². The van der Waals surface area contributed by atoms with E-state index in [4.69, 9.17) is 4.74 Å². The third-order valence-corrected chi connectivity index (χ3v) is 3.75. The molecule has 1 aromatic carbocycles. The number of carbonyl (C=O) groups excluding carboxylic acids is 2. The fraction of sp³-hybridized carbons (Fsp3) is 0.267. The summed E-state index contributed by atoms with van der Waals surface area (Å²) in [6.07, 6.45) is 0. The molecule has 0 saturated heterocycles. The molecule has 0 saturated carbocycles. The predicted octanol–water partition coefficient (Wildman–Crippen LogP) is 2.98. The van der Waals surface area contributed by atoms with Crippen molar-refractivity contribution in [1.29, 1.82) is 0 Å². The molecule has 2 rings (SSSR count). The second-order valence-corrected chi connectivity index (χ2v) is 5.13. The number of Topliss-reactive ketones (excluding diaryl/α,β-unsaturated/α-hetero) is 1. The number of nitrogens with zero attached hydrogens (tertiary/aromatic N) is 1. The highest BCUT2D eigenvalue weighted by Gasteiger charge is 2.33. The van der Waals surface area contributed by atoms with Gasteiger partial charge in [-0.05, 0) is 13.8 Å². The van der Waals surface area contributed by atoms with Crippen LogP contribution < -0.4 is 0 Å². The molecule has 0 unspecified atom stereocenters. The monoisotopic (exact) mass is 289 g/mol. The normalized spacial score (nSPS) is 11.9. The summed E-state index contributed by atoms with van der Waals surface area (Å²) < 4.78 is 5.02. The van der Waals surface area contributed by atoms with Crippen LogP contribution in [0.5, 0.6) is 0 Å². The van der Waals surface area contributed by atoms with Crippen molar-refractivity contribution in [2.24, 2.45) is 0 Å². The van der Waals surface area contributed by atoms with E-state index < -0.39 is 11.9 Å². The highest BCUT2D eigenvalue weighted by molar-refractivity contribution is 7.10. The second-order valence-electron chi connectivity index (χ2n) is 4.24. The molecule has 5 heteroatoms. The van der Waals surface area contributed by atoms with Crippen LogP contribution in [0.4, 0.5) is 0 Å². The largest absolute Gasteiger partial charge is 0.465 e. The molecule has 1 heterocycles. The molecule has 0 spiro atoms. The third-order valence-electron chi connectivity index (χ3n) is 2.73. The van der Waals surface area contributed by atoms with Crippen LogP contribution in [-0.2, 0) is 9.53 Å². The number of ketones is 1. The summed E-state index contributed by atoms with van der Waals surface area (Å²) in [5.74, 6) is -1.80.